The molecule has 0 atom stereocenters. The summed E-state index contributed by atoms with van der Waals surface area (Å²) in [5.41, 5.74) is 0.645. The molecule has 1 rings (SSSR count). The van der Waals surface area contributed by atoms with E-state index in [2.05, 4.69) is 6.92 Å². The molecule has 0 fully saturated rings. The maximum atomic E-state index is 13.5. The van der Waals surface area contributed by atoms with Crippen molar-refractivity contribution in [1.82, 2.24) is 0 Å². The second-order valence-corrected chi connectivity index (χ2v) is 3.33. The first-order valence-electron chi connectivity index (χ1n) is 4.34. The van der Waals surface area contributed by atoms with E-state index in [1.807, 2.05) is 13.8 Å². The minimum absolute atomic E-state index is 0.0749. The molecule has 0 saturated heterocycles. The third-order valence-electron chi connectivity index (χ3n) is 2.09. The second-order valence-electron chi connectivity index (χ2n) is 3.33. The van der Waals surface area contributed by atoms with Crippen molar-refractivity contribution in [3.63, 3.8) is 0 Å². The maximum absolute atomic E-state index is 13.5. The molecule has 13 heavy (non-hydrogen) atoms. The van der Waals surface area contributed by atoms with E-state index in [0.29, 0.717) is 5.56 Å². The molecule has 0 aliphatic rings. The summed E-state index contributed by atoms with van der Waals surface area (Å²) in [4.78, 5) is 0. The van der Waals surface area contributed by atoms with Crippen LogP contribution in [0.25, 0.3) is 0 Å². The van der Waals surface area contributed by atoms with E-state index in [9.17, 15) is 8.78 Å². The number of hydrogen-bond donors (Lipinski definition) is 0. The molecule has 0 amide bonds. The predicted octanol–water partition coefficient (Wildman–Crippen LogP) is 3.46. The normalized spacial score (nSPS) is 10.9. The number of rotatable bonds is 2. The molecule has 1 radical (unpaired) electrons. The molecule has 0 aliphatic carbocycles. The predicted molar refractivity (Wildman–Crippen MR) is 49.5 cm³/mol. The molecular formula is C11H13F2. The zero-order valence-electron chi connectivity index (χ0n) is 7.90. The van der Waals surface area contributed by atoms with E-state index in [1.54, 1.807) is 0 Å². The fourth-order valence-corrected chi connectivity index (χ4v) is 1.29. The molecule has 0 heterocycles. The lowest BCUT2D eigenvalue weighted by Crippen LogP contribution is -2.00. The second kappa shape index (κ2) is 3.86. The van der Waals surface area contributed by atoms with E-state index < -0.39 is 11.6 Å². The average Bonchev–Trinajstić information content (AvgIpc) is 2.04. The van der Waals surface area contributed by atoms with Gasteiger partial charge in [0, 0.05) is 5.56 Å². The van der Waals surface area contributed by atoms with Crippen LogP contribution in [0.5, 0.6) is 0 Å². The maximum Gasteiger partial charge on any atom is 0.132 e. The summed E-state index contributed by atoms with van der Waals surface area (Å²) in [5.74, 6) is -0.868. The van der Waals surface area contributed by atoms with Crippen molar-refractivity contribution < 1.29 is 8.78 Å². The van der Waals surface area contributed by atoms with Crippen LogP contribution in [0, 0.1) is 18.6 Å². The standard InChI is InChI=1S/C11H13F2/c1-4-8-10(12)6-5-9(7(2)3)11(8)13/h5-7H,1,4H2,2-3H3. The van der Waals surface area contributed by atoms with Crippen molar-refractivity contribution in [3.05, 3.63) is 41.8 Å². The molecule has 0 unspecified atom stereocenters. The zero-order chi connectivity index (χ0) is 10.0. The Morgan fingerprint density at radius 3 is 2.38 bits per heavy atom. The highest BCUT2D eigenvalue weighted by Gasteiger charge is 2.13. The van der Waals surface area contributed by atoms with Gasteiger partial charge in [-0.3, -0.25) is 0 Å². The van der Waals surface area contributed by atoms with Gasteiger partial charge in [-0.25, -0.2) is 8.78 Å². The molecule has 0 bridgehead atoms. The SMILES string of the molecule is [CH2]Cc1c(F)ccc(C(C)C)c1F. The van der Waals surface area contributed by atoms with Crippen LogP contribution in [0.3, 0.4) is 0 Å². The molecular weight excluding hydrogens is 170 g/mol. The van der Waals surface area contributed by atoms with E-state index >= 15 is 0 Å². The van der Waals surface area contributed by atoms with E-state index in [4.69, 9.17) is 0 Å². The quantitative estimate of drug-likeness (QED) is 0.658. The highest BCUT2D eigenvalue weighted by Crippen LogP contribution is 2.23. The van der Waals surface area contributed by atoms with Crippen LogP contribution in [-0.2, 0) is 6.42 Å². The number of benzene rings is 1. The molecule has 0 saturated carbocycles. The van der Waals surface area contributed by atoms with Gasteiger partial charge in [0.25, 0.3) is 0 Å². The van der Waals surface area contributed by atoms with E-state index in [0.717, 1.165) is 0 Å². The van der Waals surface area contributed by atoms with Gasteiger partial charge in [0.15, 0.2) is 0 Å². The summed E-state index contributed by atoms with van der Waals surface area (Å²) in [6.07, 6.45) is 0.151. The topological polar surface area (TPSA) is 0 Å². The van der Waals surface area contributed by atoms with Gasteiger partial charge < -0.3 is 0 Å². The molecule has 2 heteroatoms. The lowest BCUT2D eigenvalue weighted by Gasteiger charge is -2.10. The van der Waals surface area contributed by atoms with Gasteiger partial charge in [-0.15, -0.1) is 0 Å². The van der Waals surface area contributed by atoms with Crippen molar-refractivity contribution in [1.29, 1.82) is 0 Å². The first-order chi connectivity index (χ1) is 6.07. The van der Waals surface area contributed by atoms with Crippen LogP contribution >= 0.6 is 0 Å². The van der Waals surface area contributed by atoms with Crippen LogP contribution < -0.4 is 0 Å². The van der Waals surface area contributed by atoms with Gasteiger partial charge in [0.1, 0.15) is 11.6 Å². The van der Waals surface area contributed by atoms with Gasteiger partial charge in [-0.2, -0.15) is 0 Å². The summed E-state index contributed by atoms with van der Waals surface area (Å²) < 4.78 is 26.5. The molecule has 1 aromatic rings. The van der Waals surface area contributed by atoms with Crippen molar-refractivity contribution in [2.45, 2.75) is 26.2 Å². The largest absolute Gasteiger partial charge is 0.207 e. The molecule has 0 N–H and O–H groups in total. The molecule has 0 aliphatic heterocycles. The molecule has 0 aromatic heterocycles. The monoisotopic (exact) mass is 183 g/mol. The third-order valence-corrected chi connectivity index (χ3v) is 2.09. The lowest BCUT2D eigenvalue weighted by molar-refractivity contribution is 0.545. The van der Waals surface area contributed by atoms with E-state index in [1.165, 1.54) is 12.1 Å². The Morgan fingerprint density at radius 2 is 1.92 bits per heavy atom. The Labute approximate surface area is 77.6 Å². The molecule has 0 nitrogen and oxygen atoms in total. The van der Waals surface area contributed by atoms with Crippen LogP contribution in [-0.4, -0.2) is 0 Å². The van der Waals surface area contributed by atoms with Crippen LogP contribution in [0.15, 0.2) is 12.1 Å². The molecule has 0 spiro atoms. The van der Waals surface area contributed by atoms with Gasteiger partial charge in [-0.1, -0.05) is 19.9 Å². The lowest BCUT2D eigenvalue weighted by atomic mass is 9.98. The smallest absolute Gasteiger partial charge is 0.132 e. The van der Waals surface area contributed by atoms with Crippen LogP contribution in [0.1, 0.15) is 30.9 Å². The first kappa shape index (κ1) is 10.2. The number of hydrogen-bond acceptors (Lipinski definition) is 0. The Hall–Kier alpha value is -0.920. The summed E-state index contributed by atoms with van der Waals surface area (Å²) >= 11 is 0. The Bertz CT molecular complexity index is 303. The summed E-state index contributed by atoms with van der Waals surface area (Å²) in [6.45, 7) is 7.25. The Balaban J connectivity index is 3.27. The summed E-state index contributed by atoms with van der Waals surface area (Å²) in [5, 5.41) is 0. The molecule has 71 valence electrons. The average molecular weight is 183 g/mol. The minimum atomic E-state index is -0.503. The van der Waals surface area contributed by atoms with Gasteiger partial charge in [-0.05, 0) is 30.9 Å². The highest BCUT2D eigenvalue weighted by atomic mass is 19.1. The van der Waals surface area contributed by atoms with Gasteiger partial charge in [0.05, 0.1) is 0 Å². The van der Waals surface area contributed by atoms with Gasteiger partial charge in [0.2, 0.25) is 0 Å². The Kier molecular flexibility index (Phi) is 3.02. The molecule has 1 aromatic carbocycles. The van der Waals surface area contributed by atoms with Crippen molar-refractivity contribution in [2.75, 3.05) is 0 Å². The fourth-order valence-electron chi connectivity index (χ4n) is 1.29. The summed E-state index contributed by atoms with van der Waals surface area (Å²) in [6, 6.07) is 2.80. The van der Waals surface area contributed by atoms with Crippen molar-refractivity contribution >= 4 is 0 Å². The van der Waals surface area contributed by atoms with Crippen LogP contribution in [0.4, 0.5) is 8.78 Å². The first-order valence-corrected chi connectivity index (χ1v) is 4.34. The zero-order valence-corrected chi connectivity index (χ0v) is 7.90. The summed E-state index contributed by atoms with van der Waals surface area (Å²) in [7, 11) is 0. The van der Waals surface area contributed by atoms with Crippen molar-refractivity contribution in [2.24, 2.45) is 0 Å². The van der Waals surface area contributed by atoms with Crippen molar-refractivity contribution in [3.8, 4) is 0 Å². The minimum Gasteiger partial charge on any atom is -0.207 e. The fraction of sp³-hybridized carbons (Fsp3) is 0.364. The van der Waals surface area contributed by atoms with Crippen LogP contribution in [0.2, 0.25) is 0 Å². The van der Waals surface area contributed by atoms with Gasteiger partial charge >= 0.3 is 0 Å². The Morgan fingerprint density at radius 1 is 1.31 bits per heavy atom. The third kappa shape index (κ3) is 1.87. The van der Waals surface area contributed by atoms with E-state index in [-0.39, 0.29) is 17.9 Å². The highest BCUT2D eigenvalue weighted by molar-refractivity contribution is 5.29. The number of halogens is 2.